The predicted octanol–water partition coefficient (Wildman–Crippen LogP) is 3.67. The van der Waals surface area contributed by atoms with Crippen molar-refractivity contribution < 1.29 is 4.79 Å². The Morgan fingerprint density at radius 3 is 2.74 bits per heavy atom. The number of nitrogens with zero attached hydrogens (tertiary/aromatic N) is 1. The minimum atomic E-state index is 0.0289. The van der Waals surface area contributed by atoms with Gasteiger partial charge in [0.05, 0.1) is 8.66 Å². The molecule has 0 spiro atoms. The van der Waals surface area contributed by atoms with Crippen LogP contribution in [0.1, 0.15) is 20.8 Å². The fourth-order valence-electron chi connectivity index (χ4n) is 1.79. The Hall–Kier alpha value is -1.33. The molecule has 1 aromatic heterocycles. The van der Waals surface area contributed by atoms with Gasteiger partial charge in [-0.25, -0.2) is 0 Å². The van der Waals surface area contributed by atoms with Crippen molar-refractivity contribution in [3.05, 3.63) is 50.1 Å². The number of aryl methyl sites for hydroxylation is 1. The molecule has 3 nitrogen and oxygen atoms in total. The second-order valence-corrected chi connectivity index (χ2v) is 6.84. The van der Waals surface area contributed by atoms with Crippen LogP contribution in [-0.4, -0.2) is 17.9 Å². The number of hydrogen-bond donors (Lipinski definition) is 1. The third-order valence-electron chi connectivity index (χ3n) is 2.79. The number of halogens is 1. The maximum absolute atomic E-state index is 12.3. The van der Waals surface area contributed by atoms with Gasteiger partial charge in [-0.1, -0.05) is 12.1 Å². The minimum absolute atomic E-state index is 0.0289. The lowest BCUT2D eigenvalue weighted by Gasteiger charge is -2.16. The summed E-state index contributed by atoms with van der Waals surface area (Å²) in [5, 5.41) is 0. The number of benzene rings is 1. The second kappa shape index (κ2) is 5.75. The zero-order chi connectivity index (χ0) is 14.0. The van der Waals surface area contributed by atoms with Crippen LogP contribution in [-0.2, 0) is 6.54 Å². The van der Waals surface area contributed by atoms with Gasteiger partial charge in [-0.05, 0) is 52.2 Å². The number of carbonyl (C=O) groups is 1. The highest BCUT2D eigenvalue weighted by Gasteiger charge is 2.15. The van der Waals surface area contributed by atoms with Gasteiger partial charge in [0, 0.05) is 19.3 Å². The van der Waals surface area contributed by atoms with E-state index in [2.05, 4.69) is 15.9 Å². The first-order valence-corrected chi connectivity index (χ1v) is 7.44. The van der Waals surface area contributed by atoms with E-state index in [9.17, 15) is 4.79 Å². The van der Waals surface area contributed by atoms with E-state index >= 15 is 0 Å². The van der Waals surface area contributed by atoms with Crippen LogP contribution >= 0.6 is 27.3 Å². The van der Waals surface area contributed by atoms with Crippen LogP contribution in [0.2, 0.25) is 0 Å². The van der Waals surface area contributed by atoms with Crippen LogP contribution < -0.4 is 5.73 Å². The lowest BCUT2D eigenvalue weighted by molar-refractivity contribution is 0.0790. The smallest absolute Gasteiger partial charge is 0.264 e. The SMILES string of the molecule is Cc1cc(C(=O)N(C)Cc2cccc(N)c2)sc1Br. The second-order valence-electron chi connectivity index (χ2n) is 4.47. The Labute approximate surface area is 125 Å². The molecule has 2 aromatic rings. The molecule has 1 heterocycles. The summed E-state index contributed by atoms with van der Waals surface area (Å²) in [5.74, 6) is 0.0289. The zero-order valence-corrected chi connectivity index (χ0v) is 13.2. The molecule has 100 valence electrons. The van der Waals surface area contributed by atoms with E-state index in [1.165, 1.54) is 11.3 Å². The molecule has 1 aromatic carbocycles. The third-order valence-corrected chi connectivity index (χ3v) is 4.91. The third kappa shape index (κ3) is 3.36. The number of hydrogen-bond acceptors (Lipinski definition) is 3. The van der Waals surface area contributed by atoms with Crippen molar-refractivity contribution in [1.82, 2.24) is 4.90 Å². The van der Waals surface area contributed by atoms with Crippen molar-refractivity contribution in [2.45, 2.75) is 13.5 Å². The van der Waals surface area contributed by atoms with Crippen molar-refractivity contribution in [3.63, 3.8) is 0 Å². The molecule has 2 N–H and O–H groups in total. The van der Waals surface area contributed by atoms with Crippen LogP contribution in [0.3, 0.4) is 0 Å². The molecule has 0 radical (unpaired) electrons. The van der Waals surface area contributed by atoms with Crippen molar-refractivity contribution in [1.29, 1.82) is 0 Å². The summed E-state index contributed by atoms with van der Waals surface area (Å²) in [6.07, 6.45) is 0. The number of nitrogen functional groups attached to an aromatic ring is 1. The average Bonchev–Trinajstić information content (AvgIpc) is 2.68. The van der Waals surface area contributed by atoms with Crippen molar-refractivity contribution in [2.75, 3.05) is 12.8 Å². The van der Waals surface area contributed by atoms with E-state index in [1.807, 2.05) is 37.3 Å². The van der Waals surface area contributed by atoms with Crippen LogP contribution in [0.15, 0.2) is 34.1 Å². The van der Waals surface area contributed by atoms with Gasteiger partial charge >= 0.3 is 0 Å². The van der Waals surface area contributed by atoms with E-state index in [-0.39, 0.29) is 5.91 Å². The fraction of sp³-hybridized carbons (Fsp3) is 0.214. The number of nitrogens with two attached hydrogens (primary N) is 1. The summed E-state index contributed by atoms with van der Waals surface area (Å²) in [7, 11) is 1.80. The van der Waals surface area contributed by atoms with Gasteiger partial charge < -0.3 is 10.6 Å². The number of rotatable bonds is 3. The monoisotopic (exact) mass is 338 g/mol. The largest absolute Gasteiger partial charge is 0.399 e. The predicted molar refractivity (Wildman–Crippen MR) is 83.4 cm³/mol. The van der Waals surface area contributed by atoms with Gasteiger partial charge in [-0.15, -0.1) is 11.3 Å². The summed E-state index contributed by atoms with van der Waals surface area (Å²) in [6, 6.07) is 9.50. The summed E-state index contributed by atoms with van der Waals surface area (Å²) < 4.78 is 1.01. The van der Waals surface area contributed by atoms with Crippen LogP contribution in [0.4, 0.5) is 5.69 Å². The molecule has 0 saturated heterocycles. The number of thiophene rings is 1. The van der Waals surface area contributed by atoms with Gasteiger partial charge in [0.15, 0.2) is 0 Å². The van der Waals surface area contributed by atoms with Gasteiger partial charge in [-0.2, -0.15) is 0 Å². The Morgan fingerprint density at radius 2 is 2.16 bits per heavy atom. The molecule has 0 bridgehead atoms. The molecular weight excluding hydrogens is 324 g/mol. The molecule has 1 amide bonds. The number of anilines is 1. The first-order valence-electron chi connectivity index (χ1n) is 5.83. The lowest BCUT2D eigenvalue weighted by atomic mass is 10.2. The Kier molecular flexibility index (Phi) is 4.27. The van der Waals surface area contributed by atoms with E-state index in [4.69, 9.17) is 5.73 Å². The topological polar surface area (TPSA) is 46.3 Å². The van der Waals surface area contributed by atoms with Crippen LogP contribution in [0.25, 0.3) is 0 Å². The molecule has 0 fully saturated rings. The fourth-order valence-corrected chi connectivity index (χ4v) is 3.32. The molecule has 0 unspecified atom stereocenters. The summed E-state index contributed by atoms with van der Waals surface area (Å²) in [6.45, 7) is 2.54. The molecule has 0 saturated carbocycles. The molecule has 0 atom stereocenters. The highest BCUT2D eigenvalue weighted by molar-refractivity contribution is 9.11. The van der Waals surface area contributed by atoms with E-state index < -0.39 is 0 Å². The zero-order valence-electron chi connectivity index (χ0n) is 10.8. The van der Waals surface area contributed by atoms with Crippen LogP contribution in [0.5, 0.6) is 0 Å². The first-order chi connectivity index (χ1) is 8.97. The van der Waals surface area contributed by atoms with Gasteiger partial charge in [0.25, 0.3) is 5.91 Å². The maximum atomic E-state index is 12.3. The minimum Gasteiger partial charge on any atom is -0.399 e. The number of amides is 1. The normalized spacial score (nSPS) is 10.5. The van der Waals surface area contributed by atoms with E-state index in [0.29, 0.717) is 12.2 Å². The lowest BCUT2D eigenvalue weighted by Crippen LogP contribution is -2.25. The van der Waals surface area contributed by atoms with E-state index in [0.717, 1.165) is 19.8 Å². The Bertz CT molecular complexity index is 590. The molecule has 0 aliphatic carbocycles. The molecular formula is C14H15BrN2OS. The summed E-state index contributed by atoms with van der Waals surface area (Å²) >= 11 is 4.91. The molecule has 0 aliphatic heterocycles. The Morgan fingerprint density at radius 1 is 1.42 bits per heavy atom. The maximum Gasteiger partial charge on any atom is 0.264 e. The van der Waals surface area contributed by atoms with Gasteiger partial charge in [0.1, 0.15) is 0 Å². The van der Waals surface area contributed by atoms with Crippen molar-refractivity contribution in [3.8, 4) is 0 Å². The van der Waals surface area contributed by atoms with Gasteiger partial charge in [-0.3, -0.25) is 4.79 Å². The number of carbonyl (C=O) groups excluding carboxylic acids is 1. The quantitative estimate of drug-likeness (QED) is 0.868. The van der Waals surface area contributed by atoms with Crippen molar-refractivity contribution >= 4 is 38.9 Å². The highest BCUT2D eigenvalue weighted by atomic mass is 79.9. The van der Waals surface area contributed by atoms with E-state index in [1.54, 1.807) is 11.9 Å². The molecule has 2 rings (SSSR count). The molecule has 0 aliphatic rings. The van der Waals surface area contributed by atoms with Gasteiger partial charge in [0.2, 0.25) is 0 Å². The summed E-state index contributed by atoms with van der Waals surface area (Å²) in [5.41, 5.74) is 8.57. The highest BCUT2D eigenvalue weighted by Crippen LogP contribution is 2.28. The molecule has 19 heavy (non-hydrogen) atoms. The molecule has 5 heteroatoms. The average molecular weight is 339 g/mol. The Balaban J connectivity index is 2.11. The van der Waals surface area contributed by atoms with Crippen molar-refractivity contribution in [2.24, 2.45) is 0 Å². The summed E-state index contributed by atoms with van der Waals surface area (Å²) in [4.78, 5) is 14.7. The van der Waals surface area contributed by atoms with Crippen LogP contribution in [0, 0.1) is 6.92 Å². The standard InChI is InChI=1S/C14H15BrN2OS/c1-9-6-12(19-13(9)15)14(18)17(2)8-10-4-3-5-11(16)7-10/h3-7H,8,16H2,1-2H3. The first kappa shape index (κ1) is 14.1.